The van der Waals surface area contributed by atoms with Gasteiger partial charge in [-0.05, 0) is 118 Å². The third-order valence-electron chi connectivity index (χ3n) is 10.3. The molecule has 3 fully saturated rings. The number of hydrogen-bond acceptors (Lipinski definition) is 1. The van der Waals surface area contributed by atoms with E-state index in [4.69, 9.17) is 0 Å². The van der Waals surface area contributed by atoms with Crippen molar-refractivity contribution in [1.82, 2.24) is 0 Å². The predicted octanol–water partition coefficient (Wildman–Crippen LogP) is 8.87. The van der Waals surface area contributed by atoms with Gasteiger partial charge in [-0.15, -0.1) is 0 Å². The standard InChI is InChI=1S/C30H52O/c1-22(15-16-24-23(2)13-10-18-27(24,3)4)12-9-14-26-29(7)20-11-19-28(5,6)25(29)17-21-30(26,8)31/h12,24-26,31H,2,9-11,13-21H2,1,3-8H3/b22-12+/t24?,25-,26+,29-,30+/m0/s1. The molecule has 0 aromatic carbocycles. The molecule has 0 aromatic rings. The molecule has 3 aliphatic rings. The summed E-state index contributed by atoms with van der Waals surface area (Å²) in [5.74, 6) is 1.84. The molecule has 1 heteroatoms. The van der Waals surface area contributed by atoms with Crippen molar-refractivity contribution in [3.05, 3.63) is 23.8 Å². The molecule has 3 rings (SSSR count). The van der Waals surface area contributed by atoms with Gasteiger partial charge in [-0.1, -0.05) is 64.8 Å². The number of allylic oxidation sites excluding steroid dienone is 3. The predicted molar refractivity (Wildman–Crippen MR) is 135 cm³/mol. The van der Waals surface area contributed by atoms with Gasteiger partial charge in [0.1, 0.15) is 0 Å². The first-order chi connectivity index (χ1) is 14.3. The average molecular weight is 429 g/mol. The lowest BCUT2D eigenvalue weighted by atomic mass is 9.45. The smallest absolute Gasteiger partial charge is 0.0653 e. The molecule has 3 aliphatic carbocycles. The van der Waals surface area contributed by atoms with Gasteiger partial charge in [0.2, 0.25) is 0 Å². The Morgan fingerprint density at radius 1 is 0.968 bits per heavy atom. The van der Waals surface area contributed by atoms with Crippen LogP contribution in [0.2, 0.25) is 0 Å². The van der Waals surface area contributed by atoms with Crippen LogP contribution in [0.25, 0.3) is 0 Å². The van der Waals surface area contributed by atoms with Gasteiger partial charge in [-0.25, -0.2) is 0 Å². The van der Waals surface area contributed by atoms with Crippen molar-refractivity contribution in [2.75, 3.05) is 0 Å². The van der Waals surface area contributed by atoms with Crippen LogP contribution < -0.4 is 0 Å². The molecule has 0 saturated heterocycles. The minimum Gasteiger partial charge on any atom is -0.390 e. The number of rotatable bonds is 6. The fraction of sp³-hybridized carbons (Fsp3) is 0.867. The van der Waals surface area contributed by atoms with Crippen LogP contribution in [0.5, 0.6) is 0 Å². The SMILES string of the molecule is C=C1CCCC(C)(C)C1CC/C(C)=C/CC[C@@H]1[C@@]2(C)CCCC(C)(C)[C@@H]2CC[C@@]1(C)O. The Hall–Kier alpha value is -0.560. The lowest BCUT2D eigenvalue weighted by molar-refractivity contribution is -0.168. The Morgan fingerprint density at radius 2 is 1.65 bits per heavy atom. The van der Waals surface area contributed by atoms with E-state index in [0.717, 1.165) is 25.2 Å². The summed E-state index contributed by atoms with van der Waals surface area (Å²) in [4.78, 5) is 0. The minimum absolute atomic E-state index is 0.287. The van der Waals surface area contributed by atoms with Crippen molar-refractivity contribution in [3.8, 4) is 0 Å². The van der Waals surface area contributed by atoms with Crippen LogP contribution >= 0.6 is 0 Å². The van der Waals surface area contributed by atoms with E-state index >= 15 is 0 Å². The van der Waals surface area contributed by atoms with Gasteiger partial charge < -0.3 is 5.11 Å². The van der Waals surface area contributed by atoms with E-state index in [2.05, 4.69) is 61.1 Å². The summed E-state index contributed by atoms with van der Waals surface area (Å²) in [6, 6.07) is 0. The van der Waals surface area contributed by atoms with Crippen molar-refractivity contribution in [3.63, 3.8) is 0 Å². The van der Waals surface area contributed by atoms with Crippen molar-refractivity contribution < 1.29 is 5.11 Å². The van der Waals surface area contributed by atoms with E-state index in [-0.39, 0.29) is 5.41 Å². The van der Waals surface area contributed by atoms with Gasteiger partial charge >= 0.3 is 0 Å². The molecule has 0 bridgehead atoms. The maximum absolute atomic E-state index is 11.4. The van der Waals surface area contributed by atoms with E-state index in [1.165, 1.54) is 68.9 Å². The summed E-state index contributed by atoms with van der Waals surface area (Å²) in [5.41, 5.74) is 3.63. The van der Waals surface area contributed by atoms with E-state index in [1.54, 1.807) is 0 Å². The Balaban J connectivity index is 1.62. The van der Waals surface area contributed by atoms with Gasteiger partial charge in [0.25, 0.3) is 0 Å². The summed E-state index contributed by atoms with van der Waals surface area (Å²) in [6.45, 7) is 21.2. The number of hydrogen-bond donors (Lipinski definition) is 1. The van der Waals surface area contributed by atoms with Gasteiger partial charge in [-0.2, -0.15) is 0 Å². The molecular formula is C30H52O. The molecule has 1 N–H and O–H groups in total. The topological polar surface area (TPSA) is 20.2 Å². The van der Waals surface area contributed by atoms with Gasteiger partial charge in [0, 0.05) is 0 Å². The average Bonchev–Trinajstić information content (AvgIpc) is 2.62. The lowest BCUT2D eigenvalue weighted by Gasteiger charge is -2.61. The highest BCUT2D eigenvalue weighted by molar-refractivity contribution is 5.12. The second kappa shape index (κ2) is 9.00. The van der Waals surface area contributed by atoms with Gasteiger partial charge in [-0.3, -0.25) is 0 Å². The highest BCUT2D eigenvalue weighted by Gasteiger charge is 2.57. The zero-order valence-electron chi connectivity index (χ0n) is 21.9. The monoisotopic (exact) mass is 428 g/mol. The van der Waals surface area contributed by atoms with Crippen LogP contribution in [0.4, 0.5) is 0 Å². The highest BCUT2D eigenvalue weighted by Crippen LogP contribution is 2.62. The van der Waals surface area contributed by atoms with Crippen LogP contribution in [0.3, 0.4) is 0 Å². The molecule has 3 saturated carbocycles. The van der Waals surface area contributed by atoms with E-state index in [1.807, 2.05) is 0 Å². The van der Waals surface area contributed by atoms with E-state index in [9.17, 15) is 5.11 Å². The number of fused-ring (bicyclic) bond motifs is 1. The molecule has 1 nitrogen and oxygen atoms in total. The summed E-state index contributed by atoms with van der Waals surface area (Å²) < 4.78 is 0. The quantitative estimate of drug-likeness (QED) is 0.419. The number of aliphatic hydroxyl groups is 1. The Bertz CT molecular complexity index is 679. The molecule has 31 heavy (non-hydrogen) atoms. The summed E-state index contributed by atoms with van der Waals surface area (Å²) >= 11 is 0. The summed E-state index contributed by atoms with van der Waals surface area (Å²) in [6.07, 6.45) is 17.2. The molecule has 0 spiro atoms. The van der Waals surface area contributed by atoms with Gasteiger partial charge in [0.05, 0.1) is 5.60 Å². The zero-order valence-corrected chi connectivity index (χ0v) is 21.9. The van der Waals surface area contributed by atoms with Crippen molar-refractivity contribution in [2.45, 2.75) is 131 Å². The first-order valence-electron chi connectivity index (χ1n) is 13.4. The fourth-order valence-electron chi connectivity index (χ4n) is 8.50. The van der Waals surface area contributed by atoms with E-state index in [0.29, 0.717) is 22.7 Å². The van der Waals surface area contributed by atoms with Crippen molar-refractivity contribution in [1.29, 1.82) is 0 Å². The van der Waals surface area contributed by atoms with Crippen molar-refractivity contribution >= 4 is 0 Å². The molecule has 5 atom stereocenters. The summed E-state index contributed by atoms with van der Waals surface area (Å²) in [7, 11) is 0. The van der Waals surface area contributed by atoms with Crippen LogP contribution in [0.15, 0.2) is 23.8 Å². The first kappa shape index (κ1) is 25.1. The largest absolute Gasteiger partial charge is 0.390 e. The molecule has 0 amide bonds. The molecular weight excluding hydrogens is 376 g/mol. The van der Waals surface area contributed by atoms with Crippen LogP contribution in [0, 0.1) is 34.0 Å². The molecule has 0 radical (unpaired) electrons. The highest BCUT2D eigenvalue weighted by atomic mass is 16.3. The third kappa shape index (κ3) is 5.18. The van der Waals surface area contributed by atoms with Crippen molar-refractivity contribution in [2.24, 2.45) is 34.0 Å². The zero-order chi connectivity index (χ0) is 23.1. The first-order valence-corrected chi connectivity index (χ1v) is 13.4. The van der Waals surface area contributed by atoms with Crippen LogP contribution in [-0.4, -0.2) is 10.7 Å². The van der Waals surface area contributed by atoms with Crippen LogP contribution in [0.1, 0.15) is 126 Å². The Labute approximate surface area is 194 Å². The molecule has 1 unspecified atom stereocenters. The summed E-state index contributed by atoms with van der Waals surface area (Å²) in [5, 5.41) is 11.4. The molecule has 0 heterocycles. The second-order valence-corrected chi connectivity index (χ2v) is 13.6. The minimum atomic E-state index is -0.510. The third-order valence-corrected chi connectivity index (χ3v) is 10.3. The molecule has 0 aromatic heterocycles. The van der Waals surface area contributed by atoms with E-state index < -0.39 is 5.60 Å². The normalized spacial score (nSPS) is 40.5. The Morgan fingerprint density at radius 3 is 2.32 bits per heavy atom. The van der Waals surface area contributed by atoms with Gasteiger partial charge in [0.15, 0.2) is 0 Å². The Kier molecular flexibility index (Phi) is 7.28. The van der Waals surface area contributed by atoms with Crippen LogP contribution in [-0.2, 0) is 0 Å². The maximum atomic E-state index is 11.4. The fourth-order valence-corrected chi connectivity index (χ4v) is 8.50. The molecule has 178 valence electrons. The maximum Gasteiger partial charge on any atom is 0.0653 e. The second-order valence-electron chi connectivity index (χ2n) is 13.6. The lowest BCUT2D eigenvalue weighted by Crippen LogP contribution is -2.57. The molecule has 0 aliphatic heterocycles.